The molecule has 1 aromatic rings. The summed E-state index contributed by atoms with van der Waals surface area (Å²) in [6.45, 7) is 5.85. The van der Waals surface area contributed by atoms with Gasteiger partial charge in [0, 0.05) is 25.8 Å². The normalized spacial score (nSPS) is 10.2. The highest BCUT2D eigenvalue weighted by molar-refractivity contribution is 5.53. The molecule has 0 spiro atoms. The fourth-order valence-corrected chi connectivity index (χ4v) is 1.55. The largest absolute Gasteiger partial charge is 0.373 e. The Hall–Kier alpha value is -1.02. The molecule has 0 aliphatic carbocycles. The Balaban J connectivity index is 2.88. The second-order valence-electron chi connectivity index (χ2n) is 3.50. The molecule has 0 aromatic heterocycles. The van der Waals surface area contributed by atoms with E-state index < -0.39 is 0 Å². The molecule has 0 heterocycles. The van der Waals surface area contributed by atoms with E-state index in [1.165, 1.54) is 16.8 Å². The van der Waals surface area contributed by atoms with Gasteiger partial charge in [-0.3, -0.25) is 0 Å². The first-order chi connectivity index (χ1) is 6.15. The molecular formula is C11H18N2. The summed E-state index contributed by atoms with van der Waals surface area (Å²) in [6, 6.07) is 6.48. The molecule has 0 bridgehead atoms. The molecule has 0 fully saturated rings. The Bertz CT molecular complexity index is 281. The highest BCUT2D eigenvalue weighted by Gasteiger charge is 2.02. The Morgan fingerprint density at radius 2 is 2.00 bits per heavy atom. The number of nitrogens with two attached hydrogens (primary N) is 1. The smallest absolute Gasteiger partial charge is 0.0393 e. The average Bonchev–Trinajstić information content (AvgIpc) is 2.04. The third-order valence-electron chi connectivity index (χ3n) is 2.23. The minimum Gasteiger partial charge on any atom is -0.373 e. The lowest BCUT2D eigenvalue weighted by Crippen LogP contribution is -2.25. The lowest BCUT2D eigenvalue weighted by Gasteiger charge is -2.20. The van der Waals surface area contributed by atoms with Gasteiger partial charge in [-0.05, 0) is 25.5 Å². The third-order valence-corrected chi connectivity index (χ3v) is 2.23. The second kappa shape index (κ2) is 4.28. The van der Waals surface area contributed by atoms with Gasteiger partial charge in [0.2, 0.25) is 0 Å². The zero-order valence-corrected chi connectivity index (χ0v) is 8.67. The third kappa shape index (κ3) is 2.46. The number of nitrogens with zero attached hydrogens (tertiary/aromatic N) is 1. The lowest BCUT2D eigenvalue weighted by molar-refractivity contribution is 0.881. The number of likely N-dealkylation sites (N-methyl/N-ethyl adjacent to an activating group) is 1. The van der Waals surface area contributed by atoms with Crippen LogP contribution in [0, 0.1) is 13.8 Å². The quantitative estimate of drug-likeness (QED) is 0.763. The Morgan fingerprint density at radius 1 is 1.31 bits per heavy atom. The first-order valence-corrected chi connectivity index (χ1v) is 4.63. The molecule has 0 radical (unpaired) electrons. The number of rotatable bonds is 3. The van der Waals surface area contributed by atoms with Crippen LogP contribution in [0.1, 0.15) is 11.1 Å². The number of aryl methyl sites for hydroxylation is 2. The summed E-state index contributed by atoms with van der Waals surface area (Å²) in [7, 11) is 2.07. The minimum absolute atomic E-state index is 0.698. The van der Waals surface area contributed by atoms with Gasteiger partial charge in [0.05, 0.1) is 0 Å². The first kappa shape index (κ1) is 10.1. The van der Waals surface area contributed by atoms with Crippen LogP contribution in [0.25, 0.3) is 0 Å². The van der Waals surface area contributed by atoms with Gasteiger partial charge < -0.3 is 10.6 Å². The van der Waals surface area contributed by atoms with E-state index in [0.717, 1.165) is 6.54 Å². The molecule has 0 atom stereocenters. The Kier molecular flexibility index (Phi) is 3.32. The van der Waals surface area contributed by atoms with Crippen LogP contribution in [0.5, 0.6) is 0 Å². The molecule has 1 aromatic carbocycles. The molecule has 2 N–H and O–H groups in total. The fraction of sp³-hybridized carbons (Fsp3) is 0.455. The molecule has 13 heavy (non-hydrogen) atoms. The van der Waals surface area contributed by atoms with Crippen molar-refractivity contribution >= 4 is 5.69 Å². The van der Waals surface area contributed by atoms with Gasteiger partial charge in [-0.15, -0.1) is 0 Å². The van der Waals surface area contributed by atoms with Crippen LogP contribution < -0.4 is 10.6 Å². The van der Waals surface area contributed by atoms with Crippen molar-refractivity contribution in [2.75, 3.05) is 25.0 Å². The lowest BCUT2D eigenvalue weighted by atomic mass is 10.1. The van der Waals surface area contributed by atoms with E-state index in [9.17, 15) is 0 Å². The summed E-state index contributed by atoms with van der Waals surface area (Å²) in [5.74, 6) is 0. The van der Waals surface area contributed by atoms with Crippen LogP contribution in [0.2, 0.25) is 0 Å². The summed E-state index contributed by atoms with van der Waals surface area (Å²) >= 11 is 0. The predicted octanol–water partition coefficient (Wildman–Crippen LogP) is 1.70. The van der Waals surface area contributed by atoms with Crippen LogP contribution >= 0.6 is 0 Å². The summed E-state index contributed by atoms with van der Waals surface area (Å²) in [4.78, 5) is 2.19. The molecule has 2 nitrogen and oxygen atoms in total. The molecule has 1 rings (SSSR count). The van der Waals surface area contributed by atoms with Crippen molar-refractivity contribution in [1.29, 1.82) is 0 Å². The molecule has 0 saturated carbocycles. The Labute approximate surface area is 80.4 Å². The predicted molar refractivity (Wildman–Crippen MR) is 58.2 cm³/mol. The van der Waals surface area contributed by atoms with Gasteiger partial charge >= 0.3 is 0 Å². The molecule has 0 saturated heterocycles. The van der Waals surface area contributed by atoms with Crippen molar-refractivity contribution in [3.8, 4) is 0 Å². The summed E-state index contributed by atoms with van der Waals surface area (Å²) in [5.41, 5.74) is 9.40. The summed E-state index contributed by atoms with van der Waals surface area (Å²) < 4.78 is 0. The zero-order chi connectivity index (χ0) is 9.84. The maximum absolute atomic E-state index is 5.51. The van der Waals surface area contributed by atoms with Crippen LogP contribution in [0.3, 0.4) is 0 Å². The standard InChI is InChI=1S/C11H18N2/c1-9-4-5-11(10(2)8-9)13(3)7-6-12/h4-5,8H,6-7,12H2,1-3H3. The van der Waals surface area contributed by atoms with E-state index >= 15 is 0 Å². The van der Waals surface area contributed by atoms with E-state index in [2.05, 4.69) is 44.0 Å². The van der Waals surface area contributed by atoms with Crippen molar-refractivity contribution in [3.05, 3.63) is 29.3 Å². The van der Waals surface area contributed by atoms with E-state index in [1.807, 2.05) is 0 Å². The van der Waals surface area contributed by atoms with Crippen molar-refractivity contribution < 1.29 is 0 Å². The maximum Gasteiger partial charge on any atom is 0.0393 e. The van der Waals surface area contributed by atoms with E-state index in [-0.39, 0.29) is 0 Å². The highest BCUT2D eigenvalue weighted by atomic mass is 15.1. The maximum atomic E-state index is 5.51. The molecule has 0 aliphatic heterocycles. The zero-order valence-electron chi connectivity index (χ0n) is 8.67. The van der Waals surface area contributed by atoms with E-state index in [1.54, 1.807) is 0 Å². The van der Waals surface area contributed by atoms with Crippen LogP contribution in [-0.2, 0) is 0 Å². The molecule has 0 amide bonds. The van der Waals surface area contributed by atoms with Crippen molar-refractivity contribution in [2.45, 2.75) is 13.8 Å². The second-order valence-corrected chi connectivity index (χ2v) is 3.50. The number of anilines is 1. The topological polar surface area (TPSA) is 29.3 Å². The van der Waals surface area contributed by atoms with Crippen LogP contribution in [0.15, 0.2) is 18.2 Å². The van der Waals surface area contributed by atoms with Gasteiger partial charge in [-0.2, -0.15) is 0 Å². The highest BCUT2D eigenvalue weighted by Crippen LogP contribution is 2.19. The van der Waals surface area contributed by atoms with Gasteiger partial charge in [-0.1, -0.05) is 17.7 Å². The van der Waals surface area contributed by atoms with Gasteiger partial charge in [-0.25, -0.2) is 0 Å². The molecular weight excluding hydrogens is 160 g/mol. The van der Waals surface area contributed by atoms with Crippen molar-refractivity contribution in [3.63, 3.8) is 0 Å². The number of hydrogen-bond acceptors (Lipinski definition) is 2. The summed E-state index contributed by atoms with van der Waals surface area (Å²) in [5, 5.41) is 0. The number of benzene rings is 1. The number of hydrogen-bond donors (Lipinski definition) is 1. The average molecular weight is 178 g/mol. The molecule has 72 valence electrons. The SMILES string of the molecule is Cc1ccc(N(C)CCN)c(C)c1. The van der Waals surface area contributed by atoms with Gasteiger partial charge in [0.15, 0.2) is 0 Å². The Morgan fingerprint density at radius 3 is 2.54 bits per heavy atom. The van der Waals surface area contributed by atoms with E-state index in [4.69, 9.17) is 5.73 Å². The van der Waals surface area contributed by atoms with Crippen LogP contribution in [0.4, 0.5) is 5.69 Å². The molecule has 2 heteroatoms. The van der Waals surface area contributed by atoms with Crippen molar-refractivity contribution in [2.24, 2.45) is 5.73 Å². The van der Waals surface area contributed by atoms with Crippen molar-refractivity contribution in [1.82, 2.24) is 0 Å². The minimum atomic E-state index is 0.698. The molecule has 0 aliphatic rings. The van der Waals surface area contributed by atoms with Gasteiger partial charge in [0.1, 0.15) is 0 Å². The first-order valence-electron chi connectivity index (χ1n) is 4.63. The van der Waals surface area contributed by atoms with Gasteiger partial charge in [0.25, 0.3) is 0 Å². The fourth-order valence-electron chi connectivity index (χ4n) is 1.55. The summed E-state index contributed by atoms with van der Waals surface area (Å²) in [6.07, 6.45) is 0. The monoisotopic (exact) mass is 178 g/mol. The van der Waals surface area contributed by atoms with E-state index in [0.29, 0.717) is 6.54 Å². The molecule has 0 unspecified atom stereocenters. The van der Waals surface area contributed by atoms with Crippen LogP contribution in [-0.4, -0.2) is 20.1 Å².